The van der Waals surface area contributed by atoms with E-state index in [1.807, 2.05) is 0 Å². The second-order valence-electron chi connectivity index (χ2n) is 3.50. The molecule has 0 atom stereocenters. The van der Waals surface area contributed by atoms with Crippen LogP contribution in [0.3, 0.4) is 0 Å². The Morgan fingerprint density at radius 1 is 1.41 bits per heavy atom. The van der Waals surface area contributed by atoms with Crippen molar-refractivity contribution < 1.29 is 13.2 Å². The van der Waals surface area contributed by atoms with E-state index >= 15 is 0 Å². The molecule has 0 aliphatic heterocycles. The predicted molar refractivity (Wildman–Crippen MR) is 65.4 cm³/mol. The lowest BCUT2D eigenvalue weighted by molar-refractivity contribution is 0.112. The van der Waals surface area contributed by atoms with Gasteiger partial charge in [0.05, 0.1) is 11.3 Å². The number of aromatic nitrogens is 2. The lowest BCUT2D eigenvalue weighted by atomic mass is 10.3. The number of anilines is 1. The Balaban J connectivity index is 2.87. The van der Waals surface area contributed by atoms with Crippen molar-refractivity contribution in [2.75, 3.05) is 23.9 Å². The fourth-order valence-electron chi connectivity index (χ4n) is 1.14. The highest BCUT2D eigenvalue weighted by Gasteiger charge is 2.11. The Morgan fingerprint density at radius 2 is 2.06 bits per heavy atom. The van der Waals surface area contributed by atoms with Crippen molar-refractivity contribution in [1.29, 1.82) is 0 Å². The molecule has 1 heterocycles. The van der Waals surface area contributed by atoms with Gasteiger partial charge >= 0.3 is 0 Å². The molecule has 0 saturated carbocycles. The first kappa shape index (κ1) is 13.9. The van der Waals surface area contributed by atoms with Crippen molar-refractivity contribution in [2.45, 2.75) is 6.92 Å². The summed E-state index contributed by atoms with van der Waals surface area (Å²) in [6.07, 6.45) is 1.66. The maximum absolute atomic E-state index is 10.9. The first-order valence-electron chi connectivity index (χ1n) is 4.74. The van der Waals surface area contributed by atoms with E-state index in [4.69, 9.17) is 11.6 Å². The first-order chi connectivity index (χ1) is 7.83. The van der Waals surface area contributed by atoms with Crippen molar-refractivity contribution in [3.8, 4) is 0 Å². The van der Waals surface area contributed by atoms with Crippen molar-refractivity contribution in [1.82, 2.24) is 9.97 Å². The molecule has 1 aromatic rings. The maximum atomic E-state index is 10.9. The van der Waals surface area contributed by atoms with E-state index in [0.717, 1.165) is 6.26 Å². The van der Waals surface area contributed by atoms with Gasteiger partial charge in [-0.3, -0.25) is 4.79 Å². The van der Waals surface area contributed by atoms with Gasteiger partial charge in [-0.2, -0.15) is 0 Å². The monoisotopic (exact) mass is 277 g/mol. The number of nitrogens with zero attached hydrogens (tertiary/aromatic N) is 2. The number of carbonyl (C=O) groups is 1. The molecule has 8 heteroatoms. The molecular weight excluding hydrogens is 266 g/mol. The third-order valence-corrected chi connectivity index (χ3v) is 3.13. The molecule has 1 rings (SSSR count). The van der Waals surface area contributed by atoms with Crippen LogP contribution in [-0.4, -0.2) is 43.2 Å². The molecule has 0 bridgehead atoms. The molecule has 0 radical (unpaired) electrons. The molecule has 17 heavy (non-hydrogen) atoms. The second-order valence-corrected chi connectivity index (χ2v) is 6.12. The molecule has 1 N–H and O–H groups in total. The van der Waals surface area contributed by atoms with Gasteiger partial charge in [0.1, 0.15) is 26.6 Å². The largest absolute Gasteiger partial charge is 0.368 e. The molecule has 0 aromatic carbocycles. The van der Waals surface area contributed by atoms with E-state index in [9.17, 15) is 13.2 Å². The fourth-order valence-corrected chi connectivity index (χ4v) is 1.87. The number of sulfone groups is 1. The molecule has 0 amide bonds. The van der Waals surface area contributed by atoms with Crippen molar-refractivity contribution in [3.05, 3.63) is 16.5 Å². The van der Waals surface area contributed by atoms with Crippen LogP contribution in [0.5, 0.6) is 0 Å². The highest BCUT2D eigenvalue weighted by Crippen LogP contribution is 2.18. The van der Waals surface area contributed by atoms with E-state index in [2.05, 4.69) is 15.3 Å². The van der Waals surface area contributed by atoms with Crippen LogP contribution in [0, 0.1) is 6.92 Å². The van der Waals surface area contributed by atoms with E-state index in [1.54, 1.807) is 6.92 Å². The van der Waals surface area contributed by atoms with E-state index in [0.29, 0.717) is 12.1 Å². The van der Waals surface area contributed by atoms with Crippen LogP contribution in [0.25, 0.3) is 0 Å². The third-order valence-electron chi connectivity index (χ3n) is 1.89. The van der Waals surface area contributed by atoms with Crippen LogP contribution in [0.2, 0.25) is 5.15 Å². The highest BCUT2D eigenvalue weighted by molar-refractivity contribution is 7.90. The first-order valence-corrected chi connectivity index (χ1v) is 7.18. The van der Waals surface area contributed by atoms with Gasteiger partial charge < -0.3 is 5.32 Å². The summed E-state index contributed by atoms with van der Waals surface area (Å²) in [5, 5.41) is 2.81. The van der Waals surface area contributed by atoms with E-state index in [-0.39, 0.29) is 28.8 Å². The molecule has 0 spiro atoms. The standard InChI is InChI=1S/C9H12ClN3O3S/c1-6-12-8(10)7(5-14)9(13-6)11-3-4-17(2,15)16/h5H,3-4H2,1-2H3,(H,11,12,13). The molecule has 0 saturated heterocycles. The summed E-state index contributed by atoms with van der Waals surface area (Å²) in [7, 11) is -3.06. The minimum Gasteiger partial charge on any atom is -0.368 e. The van der Waals surface area contributed by atoms with Gasteiger partial charge in [-0.05, 0) is 6.92 Å². The number of nitrogens with one attached hydrogen (secondary N) is 1. The summed E-state index contributed by atoms with van der Waals surface area (Å²) >= 11 is 5.76. The van der Waals surface area contributed by atoms with Gasteiger partial charge in [0, 0.05) is 12.8 Å². The predicted octanol–water partition coefficient (Wildman–Crippen LogP) is 0.707. The summed E-state index contributed by atoms with van der Waals surface area (Å²) in [6.45, 7) is 1.79. The molecule has 0 aliphatic rings. The quantitative estimate of drug-likeness (QED) is 0.630. The summed E-state index contributed by atoms with van der Waals surface area (Å²) in [4.78, 5) is 18.6. The summed E-state index contributed by atoms with van der Waals surface area (Å²) < 4.78 is 21.9. The van der Waals surface area contributed by atoms with Crippen molar-refractivity contribution >= 4 is 33.5 Å². The minimum atomic E-state index is -3.06. The van der Waals surface area contributed by atoms with Crippen LogP contribution < -0.4 is 5.32 Å². The molecule has 94 valence electrons. The Hall–Kier alpha value is -1.21. The summed E-state index contributed by atoms with van der Waals surface area (Å²) in [5.74, 6) is 0.606. The van der Waals surface area contributed by atoms with Crippen LogP contribution >= 0.6 is 11.6 Å². The maximum Gasteiger partial charge on any atom is 0.156 e. The molecule has 0 aliphatic carbocycles. The van der Waals surface area contributed by atoms with E-state index < -0.39 is 9.84 Å². The van der Waals surface area contributed by atoms with Gasteiger partial charge in [0.2, 0.25) is 0 Å². The van der Waals surface area contributed by atoms with Crippen LogP contribution in [-0.2, 0) is 9.84 Å². The summed E-state index contributed by atoms with van der Waals surface area (Å²) in [6, 6.07) is 0. The fraction of sp³-hybridized carbons (Fsp3) is 0.444. The topological polar surface area (TPSA) is 89.0 Å². The van der Waals surface area contributed by atoms with Crippen molar-refractivity contribution in [2.24, 2.45) is 0 Å². The van der Waals surface area contributed by atoms with Gasteiger partial charge in [0.25, 0.3) is 0 Å². The van der Waals surface area contributed by atoms with Gasteiger partial charge in [0.15, 0.2) is 6.29 Å². The molecule has 6 nitrogen and oxygen atoms in total. The normalized spacial score (nSPS) is 11.2. The molecule has 0 unspecified atom stereocenters. The van der Waals surface area contributed by atoms with Gasteiger partial charge in [-0.1, -0.05) is 11.6 Å². The lowest BCUT2D eigenvalue weighted by Gasteiger charge is -2.08. The number of aryl methyl sites for hydroxylation is 1. The zero-order valence-corrected chi connectivity index (χ0v) is 11.0. The third kappa shape index (κ3) is 4.27. The summed E-state index contributed by atoms with van der Waals surface area (Å²) in [5.41, 5.74) is 0.130. The smallest absolute Gasteiger partial charge is 0.156 e. The Bertz CT molecular complexity index is 531. The zero-order chi connectivity index (χ0) is 13.1. The molecule has 1 aromatic heterocycles. The second kappa shape index (κ2) is 5.42. The number of halogens is 1. The lowest BCUT2D eigenvalue weighted by Crippen LogP contribution is -2.16. The van der Waals surface area contributed by atoms with Crippen molar-refractivity contribution in [3.63, 3.8) is 0 Å². The number of aldehydes is 1. The minimum absolute atomic E-state index is 0.0496. The average molecular weight is 278 g/mol. The molecule has 0 fully saturated rings. The van der Waals surface area contributed by atoms with E-state index in [1.165, 1.54) is 0 Å². The number of rotatable bonds is 5. The Morgan fingerprint density at radius 3 is 2.59 bits per heavy atom. The van der Waals surface area contributed by atoms with Crippen LogP contribution in [0.15, 0.2) is 0 Å². The Labute approximate surface area is 104 Å². The average Bonchev–Trinajstić information content (AvgIpc) is 2.14. The number of hydrogen-bond acceptors (Lipinski definition) is 6. The number of carbonyl (C=O) groups excluding carboxylic acids is 1. The number of hydrogen-bond donors (Lipinski definition) is 1. The van der Waals surface area contributed by atoms with Crippen LogP contribution in [0.4, 0.5) is 5.82 Å². The zero-order valence-electron chi connectivity index (χ0n) is 9.40. The Kier molecular flexibility index (Phi) is 4.41. The highest BCUT2D eigenvalue weighted by atomic mass is 35.5. The van der Waals surface area contributed by atoms with Gasteiger partial charge in [-0.25, -0.2) is 18.4 Å². The van der Waals surface area contributed by atoms with Gasteiger partial charge in [-0.15, -0.1) is 0 Å². The van der Waals surface area contributed by atoms with Crippen LogP contribution in [0.1, 0.15) is 16.2 Å². The molecular formula is C9H12ClN3O3S. The SMILES string of the molecule is Cc1nc(Cl)c(C=O)c(NCCS(C)(=O)=O)n1.